The summed E-state index contributed by atoms with van der Waals surface area (Å²) in [7, 11) is 0. The summed E-state index contributed by atoms with van der Waals surface area (Å²) in [6.07, 6.45) is 0.745. The summed E-state index contributed by atoms with van der Waals surface area (Å²) in [6, 6.07) is 13.9. The van der Waals surface area contributed by atoms with Gasteiger partial charge in [0.15, 0.2) is 0 Å². The van der Waals surface area contributed by atoms with Crippen LogP contribution < -0.4 is 10.2 Å². The molecule has 2 aliphatic heterocycles. The van der Waals surface area contributed by atoms with Crippen LogP contribution in [-0.4, -0.2) is 39.5 Å². The molecule has 0 aliphatic carbocycles. The van der Waals surface area contributed by atoms with Gasteiger partial charge in [0.2, 0.25) is 5.91 Å². The van der Waals surface area contributed by atoms with Crippen molar-refractivity contribution < 1.29 is 14.4 Å². The number of hydrogen-bond acceptors (Lipinski definition) is 5. The van der Waals surface area contributed by atoms with E-state index in [1.807, 2.05) is 13.8 Å². The van der Waals surface area contributed by atoms with Gasteiger partial charge in [-0.25, -0.2) is 0 Å². The number of para-hydroxylation sites is 1. The molecule has 0 saturated carbocycles. The van der Waals surface area contributed by atoms with Gasteiger partial charge in [0.25, 0.3) is 11.8 Å². The van der Waals surface area contributed by atoms with E-state index in [-0.39, 0.29) is 24.4 Å². The maximum Gasteiger partial charge on any atom is 0.267 e. The van der Waals surface area contributed by atoms with Gasteiger partial charge in [-0.3, -0.25) is 24.2 Å². The third-order valence-electron chi connectivity index (χ3n) is 5.39. The number of carbonyl (C=O) groups is 3. The Balaban J connectivity index is 1.66. The van der Waals surface area contributed by atoms with Crippen LogP contribution in [-0.2, 0) is 14.4 Å². The fraction of sp³-hybridized carbons (Fsp3) is 0.217. The Hall–Kier alpha value is -2.68. The lowest BCUT2D eigenvalue weighted by atomic mass is 10.1. The molecule has 2 heterocycles. The van der Waals surface area contributed by atoms with Crippen molar-refractivity contribution >= 4 is 74.6 Å². The van der Waals surface area contributed by atoms with E-state index in [4.69, 9.17) is 23.8 Å². The van der Waals surface area contributed by atoms with Crippen LogP contribution in [0.2, 0.25) is 5.02 Å². The Kier molecular flexibility index (Phi) is 6.37. The first-order valence-corrected chi connectivity index (χ1v) is 11.7. The van der Waals surface area contributed by atoms with Crippen molar-refractivity contribution in [3.63, 3.8) is 0 Å². The molecule has 1 atom stereocenters. The zero-order chi connectivity index (χ0) is 23.0. The number of carbonyl (C=O) groups excluding carboxylic acids is 3. The number of anilines is 2. The molecule has 6 nitrogen and oxygen atoms in total. The normalized spacial score (nSPS) is 18.9. The summed E-state index contributed by atoms with van der Waals surface area (Å²) < 4.78 is 0.439. The summed E-state index contributed by atoms with van der Waals surface area (Å²) >= 11 is 12.5. The average Bonchev–Trinajstić information content (AvgIpc) is 3.20. The van der Waals surface area contributed by atoms with Crippen LogP contribution in [0, 0.1) is 0 Å². The number of nitrogens with one attached hydrogen (secondary N) is 1. The molecule has 0 spiro atoms. The third kappa shape index (κ3) is 4.05. The van der Waals surface area contributed by atoms with Crippen LogP contribution in [0.25, 0.3) is 5.57 Å². The van der Waals surface area contributed by atoms with Crippen LogP contribution in [0.5, 0.6) is 0 Å². The fourth-order valence-electron chi connectivity index (χ4n) is 3.66. The molecule has 1 fully saturated rings. The van der Waals surface area contributed by atoms with Crippen molar-refractivity contribution in [1.82, 2.24) is 4.90 Å². The molecule has 2 aromatic carbocycles. The number of nitrogens with zero attached hydrogens (tertiary/aromatic N) is 2. The number of halogens is 1. The highest BCUT2D eigenvalue weighted by atomic mass is 35.5. The lowest BCUT2D eigenvalue weighted by molar-refractivity contribution is -0.123. The fourth-order valence-corrected chi connectivity index (χ4v) is 5.38. The van der Waals surface area contributed by atoms with Crippen molar-refractivity contribution in [3.8, 4) is 0 Å². The standard InChI is InChI=1S/C23H20ClN3O3S2/c1-3-13(2)27-22(30)20(32-23(27)31)19-16-9-4-5-10-17(16)26(21(19)29)12-18(28)25-15-8-6-7-14(24)11-15/h4-11,13H,3,12H2,1-2H3,(H,25,28)/b20-19-/t13-/m0/s1. The van der Waals surface area contributed by atoms with Crippen LogP contribution in [0.1, 0.15) is 25.8 Å². The van der Waals surface area contributed by atoms with E-state index in [1.54, 1.807) is 53.4 Å². The quantitative estimate of drug-likeness (QED) is 0.491. The topological polar surface area (TPSA) is 69.7 Å². The van der Waals surface area contributed by atoms with E-state index in [1.165, 1.54) is 4.90 Å². The molecule has 32 heavy (non-hydrogen) atoms. The Labute approximate surface area is 200 Å². The molecule has 0 unspecified atom stereocenters. The second-order valence-corrected chi connectivity index (χ2v) is 9.55. The highest BCUT2D eigenvalue weighted by molar-refractivity contribution is 8.26. The highest BCUT2D eigenvalue weighted by Crippen LogP contribution is 2.45. The lowest BCUT2D eigenvalue weighted by Crippen LogP contribution is -2.37. The third-order valence-corrected chi connectivity index (χ3v) is 7.03. The van der Waals surface area contributed by atoms with Gasteiger partial charge in [0.1, 0.15) is 10.9 Å². The molecular formula is C23H20ClN3O3S2. The van der Waals surface area contributed by atoms with Gasteiger partial charge >= 0.3 is 0 Å². The average molecular weight is 486 g/mol. The maximum atomic E-state index is 13.4. The van der Waals surface area contributed by atoms with E-state index < -0.39 is 5.91 Å². The first-order chi connectivity index (χ1) is 15.3. The van der Waals surface area contributed by atoms with E-state index in [0.717, 1.165) is 18.2 Å². The Morgan fingerprint density at radius 1 is 1.16 bits per heavy atom. The Morgan fingerprint density at radius 2 is 1.91 bits per heavy atom. The molecule has 1 N–H and O–H groups in total. The number of thiocarbonyl (C=S) groups is 1. The molecule has 0 aromatic heterocycles. The maximum absolute atomic E-state index is 13.4. The highest BCUT2D eigenvalue weighted by Gasteiger charge is 2.43. The summed E-state index contributed by atoms with van der Waals surface area (Å²) in [4.78, 5) is 42.5. The monoisotopic (exact) mass is 485 g/mol. The van der Waals surface area contributed by atoms with E-state index in [9.17, 15) is 14.4 Å². The van der Waals surface area contributed by atoms with E-state index in [0.29, 0.717) is 36.8 Å². The van der Waals surface area contributed by atoms with E-state index in [2.05, 4.69) is 5.32 Å². The largest absolute Gasteiger partial charge is 0.324 e. The zero-order valence-corrected chi connectivity index (χ0v) is 19.8. The Bertz CT molecular complexity index is 1180. The van der Waals surface area contributed by atoms with Gasteiger partial charge in [0, 0.05) is 22.3 Å². The molecule has 0 bridgehead atoms. The van der Waals surface area contributed by atoms with Gasteiger partial charge in [-0.05, 0) is 37.6 Å². The molecular weight excluding hydrogens is 466 g/mol. The summed E-state index contributed by atoms with van der Waals surface area (Å²) in [5.74, 6) is -1.03. The first kappa shape index (κ1) is 22.5. The zero-order valence-electron chi connectivity index (χ0n) is 17.4. The predicted octanol–water partition coefficient (Wildman–Crippen LogP) is 4.70. The molecule has 3 amide bonds. The van der Waals surface area contributed by atoms with Crippen LogP contribution >= 0.6 is 35.6 Å². The molecule has 2 aromatic rings. The lowest BCUT2D eigenvalue weighted by Gasteiger charge is -2.21. The minimum atomic E-state index is -0.392. The molecule has 4 rings (SSSR count). The van der Waals surface area contributed by atoms with Gasteiger partial charge in [-0.1, -0.05) is 66.8 Å². The second kappa shape index (κ2) is 9.05. The van der Waals surface area contributed by atoms with Gasteiger partial charge < -0.3 is 5.32 Å². The molecule has 164 valence electrons. The van der Waals surface area contributed by atoms with Crippen LogP contribution in [0.15, 0.2) is 53.4 Å². The SMILES string of the molecule is CC[C@H](C)N1C(=O)/C(=C2/C(=O)N(CC(=O)Nc3cccc(Cl)c3)c3ccccc32)SC1=S. The molecule has 2 aliphatic rings. The number of fused-ring (bicyclic) bond motifs is 1. The second-order valence-electron chi connectivity index (χ2n) is 7.47. The van der Waals surface area contributed by atoms with Crippen LogP contribution in [0.4, 0.5) is 11.4 Å². The minimum Gasteiger partial charge on any atom is -0.324 e. The van der Waals surface area contributed by atoms with Crippen LogP contribution in [0.3, 0.4) is 0 Å². The number of rotatable bonds is 5. The summed E-state index contributed by atoms with van der Waals surface area (Å²) in [5.41, 5.74) is 2.04. The summed E-state index contributed by atoms with van der Waals surface area (Å²) in [6.45, 7) is 3.71. The molecule has 9 heteroatoms. The first-order valence-electron chi connectivity index (χ1n) is 10.1. The van der Waals surface area contributed by atoms with Gasteiger partial charge in [-0.15, -0.1) is 0 Å². The van der Waals surface area contributed by atoms with Crippen molar-refractivity contribution in [1.29, 1.82) is 0 Å². The number of benzene rings is 2. The summed E-state index contributed by atoms with van der Waals surface area (Å²) in [5, 5.41) is 3.25. The number of hydrogen-bond donors (Lipinski definition) is 1. The number of amides is 3. The van der Waals surface area contributed by atoms with E-state index >= 15 is 0 Å². The van der Waals surface area contributed by atoms with Crippen molar-refractivity contribution in [2.45, 2.75) is 26.3 Å². The van der Waals surface area contributed by atoms with Gasteiger partial charge in [-0.2, -0.15) is 0 Å². The minimum absolute atomic E-state index is 0.0630. The Morgan fingerprint density at radius 3 is 2.62 bits per heavy atom. The molecule has 0 radical (unpaired) electrons. The van der Waals surface area contributed by atoms with Crippen molar-refractivity contribution in [3.05, 3.63) is 64.0 Å². The van der Waals surface area contributed by atoms with Crippen molar-refractivity contribution in [2.24, 2.45) is 0 Å². The predicted molar refractivity (Wildman–Crippen MR) is 133 cm³/mol. The van der Waals surface area contributed by atoms with Gasteiger partial charge in [0.05, 0.1) is 16.2 Å². The van der Waals surface area contributed by atoms with Crippen molar-refractivity contribution in [2.75, 3.05) is 16.8 Å². The molecule has 1 saturated heterocycles. The smallest absolute Gasteiger partial charge is 0.267 e. The number of thioether (sulfide) groups is 1.